The van der Waals surface area contributed by atoms with Gasteiger partial charge in [-0.25, -0.2) is 0 Å². The summed E-state index contributed by atoms with van der Waals surface area (Å²) in [5, 5.41) is 15.5. The van der Waals surface area contributed by atoms with Gasteiger partial charge in [-0.2, -0.15) is 0 Å². The SMILES string of the molecule is CC(=O)O.CCCCOCO. The van der Waals surface area contributed by atoms with E-state index in [1.54, 1.807) is 0 Å². The molecule has 0 spiro atoms. The molecule has 0 amide bonds. The first-order valence-electron chi connectivity index (χ1n) is 3.53. The van der Waals surface area contributed by atoms with E-state index in [2.05, 4.69) is 11.7 Å². The van der Waals surface area contributed by atoms with Crippen LogP contribution in [-0.4, -0.2) is 29.6 Å². The first kappa shape index (κ1) is 13.0. The van der Waals surface area contributed by atoms with Gasteiger partial charge in [-0.05, 0) is 6.42 Å². The molecule has 0 atom stereocenters. The molecule has 0 saturated carbocycles. The second-order valence-electron chi connectivity index (χ2n) is 1.91. The van der Waals surface area contributed by atoms with Gasteiger partial charge in [0.25, 0.3) is 5.97 Å². The summed E-state index contributed by atoms with van der Waals surface area (Å²) >= 11 is 0. The van der Waals surface area contributed by atoms with Crippen LogP contribution in [0.5, 0.6) is 0 Å². The molecule has 0 heterocycles. The van der Waals surface area contributed by atoms with Crippen LogP contribution < -0.4 is 0 Å². The number of aliphatic carboxylic acids is 1. The lowest BCUT2D eigenvalue weighted by atomic mass is 10.4. The fourth-order valence-corrected chi connectivity index (χ4v) is 0.311. The van der Waals surface area contributed by atoms with Gasteiger partial charge < -0.3 is 14.9 Å². The number of aliphatic hydroxyl groups is 1. The fourth-order valence-electron chi connectivity index (χ4n) is 0.311. The highest BCUT2D eigenvalue weighted by atomic mass is 16.6. The molecule has 2 N–H and O–H groups in total. The average molecular weight is 164 g/mol. The quantitative estimate of drug-likeness (QED) is 0.477. The van der Waals surface area contributed by atoms with E-state index >= 15 is 0 Å². The molecule has 0 aromatic heterocycles. The lowest BCUT2D eigenvalue weighted by Gasteiger charge is -1.94. The smallest absolute Gasteiger partial charge is 0.300 e. The number of rotatable bonds is 4. The maximum absolute atomic E-state index is 9.00. The number of carboxylic acids is 1. The molecule has 0 aromatic carbocycles. The van der Waals surface area contributed by atoms with E-state index in [4.69, 9.17) is 15.0 Å². The van der Waals surface area contributed by atoms with E-state index in [-0.39, 0.29) is 6.79 Å². The van der Waals surface area contributed by atoms with Crippen LogP contribution in [0, 0.1) is 0 Å². The van der Waals surface area contributed by atoms with E-state index < -0.39 is 5.97 Å². The van der Waals surface area contributed by atoms with Crippen LogP contribution in [0.3, 0.4) is 0 Å². The van der Waals surface area contributed by atoms with E-state index in [0.717, 1.165) is 19.8 Å². The zero-order chi connectivity index (χ0) is 9.11. The predicted octanol–water partition coefficient (Wildman–Crippen LogP) is 0.844. The van der Waals surface area contributed by atoms with Crippen LogP contribution >= 0.6 is 0 Å². The van der Waals surface area contributed by atoms with E-state index in [0.29, 0.717) is 6.61 Å². The third-order valence-electron chi connectivity index (χ3n) is 0.734. The standard InChI is InChI=1S/C5H12O2.C2H4O2/c1-2-3-4-7-5-6;1-2(3)4/h6H,2-5H2,1H3;1H3,(H,3,4). The Bertz CT molecular complexity index is 74.5. The Morgan fingerprint density at radius 1 is 1.55 bits per heavy atom. The number of carbonyl (C=O) groups is 1. The van der Waals surface area contributed by atoms with Gasteiger partial charge in [-0.3, -0.25) is 4.79 Å². The molecule has 11 heavy (non-hydrogen) atoms. The van der Waals surface area contributed by atoms with Crippen molar-refractivity contribution in [2.75, 3.05) is 13.4 Å². The van der Waals surface area contributed by atoms with Crippen LogP contribution in [-0.2, 0) is 9.53 Å². The summed E-state index contributed by atoms with van der Waals surface area (Å²) in [7, 11) is 0. The molecule has 0 aromatic rings. The summed E-state index contributed by atoms with van der Waals surface area (Å²) in [5.41, 5.74) is 0. The molecular formula is C7H16O4. The molecule has 0 saturated heterocycles. The maximum atomic E-state index is 9.00. The summed E-state index contributed by atoms with van der Waals surface area (Å²) in [6, 6.07) is 0. The van der Waals surface area contributed by atoms with Gasteiger partial charge in [0.1, 0.15) is 6.79 Å². The second-order valence-corrected chi connectivity index (χ2v) is 1.91. The van der Waals surface area contributed by atoms with Gasteiger partial charge in [0.05, 0.1) is 0 Å². The minimum Gasteiger partial charge on any atom is -0.481 e. The van der Waals surface area contributed by atoms with E-state index in [9.17, 15) is 0 Å². The number of ether oxygens (including phenoxy) is 1. The summed E-state index contributed by atoms with van der Waals surface area (Å²) in [4.78, 5) is 9.00. The van der Waals surface area contributed by atoms with Crippen molar-refractivity contribution in [1.82, 2.24) is 0 Å². The highest BCUT2D eigenvalue weighted by Crippen LogP contribution is 1.84. The number of unbranched alkanes of at least 4 members (excludes halogenated alkanes) is 1. The summed E-state index contributed by atoms with van der Waals surface area (Å²) in [6.07, 6.45) is 2.17. The first-order valence-corrected chi connectivity index (χ1v) is 3.53. The van der Waals surface area contributed by atoms with Crippen LogP contribution in [0.2, 0.25) is 0 Å². The van der Waals surface area contributed by atoms with Gasteiger partial charge in [-0.15, -0.1) is 0 Å². The van der Waals surface area contributed by atoms with Gasteiger partial charge in [0.15, 0.2) is 0 Å². The van der Waals surface area contributed by atoms with E-state index in [1.165, 1.54) is 0 Å². The Hall–Kier alpha value is -0.610. The molecule has 0 aliphatic heterocycles. The Labute approximate surface area is 66.8 Å². The van der Waals surface area contributed by atoms with Crippen molar-refractivity contribution in [3.05, 3.63) is 0 Å². The number of carboxylic acid groups (broad SMARTS) is 1. The Morgan fingerprint density at radius 2 is 2.00 bits per heavy atom. The van der Waals surface area contributed by atoms with Crippen LogP contribution in [0.1, 0.15) is 26.7 Å². The van der Waals surface area contributed by atoms with Crippen LogP contribution in [0.4, 0.5) is 0 Å². The minimum atomic E-state index is -0.833. The van der Waals surface area contributed by atoms with Crippen molar-refractivity contribution in [1.29, 1.82) is 0 Å². The average Bonchev–Trinajstić information content (AvgIpc) is 1.88. The summed E-state index contributed by atoms with van der Waals surface area (Å²) < 4.78 is 4.63. The highest BCUT2D eigenvalue weighted by molar-refractivity contribution is 5.62. The first-order chi connectivity index (χ1) is 5.15. The van der Waals surface area contributed by atoms with Crippen LogP contribution in [0.15, 0.2) is 0 Å². The third-order valence-corrected chi connectivity index (χ3v) is 0.734. The zero-order valence-corrected chi connectivity index (χ0v) is 7.04. The molecule has 4 nitrogen and oxygen atoms in total. The monoisotopic (exact) mass is 164 g/mol. The Kier molecular flexibility index (Phi) is 14.3. The normalized spacial score (nSPS) is 8.27. The molecule has 0 aliphatic rings. The predicted molar refractivity (Wildman–Crippen MR) is 41.3 cm³/mol. The Morgan fingerprint density at radius 3 is 2.27 bits per heavy atom. The molecule has 0 rings (SSSR count). The largest absolute Gasteiger partial charge is 0.481 e. The summed E-state index contributed by atoms with van der Waals surface area (Å²) in [5.74, 6) is -0.833. The second kappa shape index (κ2) is 12.1. The summed E-state index contributed by atoms with van der Waals surface area (Å²) in [6.45, 7) is 3.72. The third kappa shape index (κ3) is 44.6. The number of aliphatic hydroxyl groups excluding tert-OH is 1. The fraction of sp³-hybridized carbons (Fsp3) is 0.857. The molecule has 0 aliphatic carbocycles. The van der Waals surface area contributed by atoms with Gasteiger partial charge in [-0.1, -0.05) is 13.3 Å². The minimum absolute atomic E-state index is 0.139. The molecular weight excluding hydrogens is 148 g/mol. The molecule has 0 bridgehead atoms. The van der Waals surface area contributed by atoms with Crippen molar-refractivity contribution >= 4 is 5.97 Å². The van der Waals surface area contributed by atoms with Crippen molar-refractivity contribution < 1.29 is 19.7 Å². The van der Waals surface area contributed by atoms with Crippen molar-refractivity contribution in [2.45, 2.75) is 26.7 Å². The van der Waals surface area contributed by atoms with Crippen molar-refractivity contribution in [3.63, 3.8) is 0 Å². The number of hydrogen-bond acceptors (Lipinski definition) is 3. The molecule has 0 radical (unpaired) electrons. The van der Waals surface area contributed by atoms with Crippen molar-refractivity contribution in [3.8, 4) is 0 Å². The lowest BCUT2D eigenvalue weighted by Crippen LogP contribution is -1.93. The number of hydrogen-bond donors (Lipinski definition) is 2. The lowest BCUT2D eigenvalue weighted by molar-refractivity contribution is -0.134. The molecule has 4 heteroatoms. The molecule has 0 unspecified atom stereocenters. The van der Waals surface area contributed by atoms with Crippen molar-refractivity contribution in [2.24, 2.45) is 0 Å². The van der Waals surface area contributed by atoms with Gasteiger partial charge >= 0.3 is 0 Å². The maximum Gasteiger partial charge on any atom is 0.300 e. The zero-order valence-electron chi connectivity index (χ0n) is 7.04. The van der Waals surface area contributed by atoms with Gasteiger partial charge in [0, 0.05) is 13.5 Å². The Balaban J connectivity index is 0. The highest BCUT2D eigenvalue weighted by Gasteiger charge is 1.79. The van der Waals surface area contributed by atoms with Crippen LogP contribution in [0.25, 0.3) is 0 Å². The van der Waals surface area contributed by atoms with E-state index in [1.807, 2.05) is 0 Å². The van der Waals surface area contributed by atoms with Gasteiger partial charge in [0.2, 0.25) is 0 Å². The topological polar surface area (TPSA) is 66.8 Å². The molecule has 68 valence electrons. The molecule has 0 fully saturated rings.